The first kappa shape index (κ1) is 63.4. The fraction of sp³-hybridized carbons (Fsp3) is 0.275. The van der Waals surface area contributed by atoms with Gasteiger partial charge in [-0.1, -0.05) is 273 Å². The highest BCUT2D eigenvalue weighted by molar-refractivity contribution is 6.22. The molecule has 12 rings (SSSR count). The van der Waals surface area contributed by atoms with Gasteiger partial charge in [0.1, 0.15) is 0 Å². The predicted molar refractivity (Wildman–Crippen MR) is 400 cm³/mol. The molecule has 0 aliphatic rings. The first-order valence-electron chi connectivity index (χ1n) is 34.2. The second kappa shape index (κ2) is 27.6. The van der Waals surface area contributed by atoms with Crippen LogP contribution in [0.2, 0.25) is 0 Å². The molecule has 0 saturated carbocycles. The number of aryl methyl sites for hydroxylation is 6. The van der Waals surface area contributed by atoms with Gasteiger partial charge < -0.3 is 4.90 Å². The molecule has 0 fully saturated rings. The van der Waals surface area contributed by atoms with E-state index in [9.17, 15) is 0 Å². The van der Waals surface area contributed by atoms with Crippen LogP contribution in [0.25, 0.3) is 76.8 Å². The summed E-state index contributed by atoms with van der Waals surface area (Å²) in [5.74, 6) is 1.72. The van der Waals surface area contributed by atoms with E-state index in [1.165, 1.54) is 158 Å². The van der Waals surface area contributed by atoms with E-state index in [4.69, 9.17) is 0 Å². The minimum Gasteiger partial charge on any atom is -0.310 e. The molecule has 0 aromatic heterocycles. The molecular formula is C91H95N. The number of fused-ring (bicyclic) bond motifs is 5. The lowest BCUT2D eigenvalue weighted by Gasteiger charge is -2.30. The van der Waals surface area contributed by atoms with Crippen molar-refractivity contribution in [3.8, 4) is 44.5 Å². The fourth-order valence-electron chi connectivity index (χ4n) is 15.0. The maximum Gasteiger partial charge on any atom is 0.0546 e. The van der Waals surface area contributed by atoms with Gasteiger partial charge in [0, 0.05) is 16.8 Å². The molecule has 12 aromatic rings. The molecule has 0 N–H and O–H groups in total. The third-order valence-corrected chi connectivity index (χ3v) is 19.5. The van der Waals surface area contributed by atoms with E-state index in [0.717, 1.165) is 49.6 Å². The smallest absolute Gasteiger partial charge is 0.0546 e. The Morgan fingerprint density at radius 1 is 0.326 bits per heavy atom. The van der Waals surface area contributed by atoms with Crippen molar-refractivity contribution >= 4 is 49.4 Å². The molecule has 3 atom stereocenters. The van der Waals surface area contributed by atoms with Gasteiger partial charge in [0.2, 0.25) is 0 Å². The highest BCUT2D eigenvalue weighted by atomic mass is 15.1. The Morgan fingerprint density at radius 2 is 0.728 bits per heavy atom. The maximum absolute atomic E-state index is 2.58. The van der Waals surface area contributed by atoms with Crippen molar-refractivity contribution < 1.29 is 0 Å². The summed E-state index contributed by atoms with van der Waals surface area (Å²) >= 11 is 0. The van der Waals surface area contributed by atoms with Crippen molar-refractivity contribution in [1.29, 1.82) is 0 Å². The van der Waals surface area contributed by atoms with E-state index in [0.29, 0.717) is 10.8 Å². The highest BCUT2D eigenvalue weighted by Gasteiger charge is 2.24. The molecule has 464 valence electrons. The summed E-state index contributed by atoms with van der Waals surface area (Å²) in [6, 6.07) is 94.7. The molecule has 0 radical (unpaired) electrons. The summed E-state index contributed by atoms with van der Waals surface area (Å²) in [4.78, 5) is 2.50. The second-order valence-electron chi connectivity index (χ2n) is 29.7. The molecule has 0 amide bonds. The van der Waals surface area contributed by atoms with Crippen molar-refractivity contribution in [3.63, 3.8) is 0 Å². The van der Waals surface area contributed by atoms with Crippen molar-refractivity contribution in [2.75, 3.05) is 4.90 Å². The zero-order valence-electron chi connectivity index (χ0n) is 56.7. The largest absolute Gasteiger partial charge is 0.310 e. The molecule has 0 saturated heterocycles. The number of hydrogen-bond donors (Lipinski definition) is 0. The highest BCUT2D eigenvalue weighted by Crippen LogP contribution is 2.47. The third kappa shape index (κ3) is 15.1. The zero-order valence-corrected chi connectivity index (χ0v) is 56.7. The van der Waals surface area contributed by atoms with E-state index in [1.807, 2.05) is 0 Å². The monoisotopic (exact) mass is 1200 g/mol. The fourth-order valence-corrected chi connectivity index (χ4v) is 15.0. The Bertz CT molecular complexity index is 4460. The average molecular weight is 1200 g/mol. The van der Waals surface area contributed by atoms with Crippen LogP contribution in [0.4, 0.5) is 17.1 Å². The minimum absolute atomic E-state index is 0.273. The van der Waals surface area contributed by atoms with Crippen LogP contribution in [-0.4, -0.2) is 0 Å². The SMILES string of the molecule is Cc1ccc(CC(CCc2ccc(-c3ccc(-c4ccc(CCC(C)CC(C)(C)C)cc4)cc3)cc2)c2cc3c4ccccc4c(N(c4ccccc4)c4ccc(-c5ccc(-c6ccc(CCC(C)CC(C)(C)C)cc6)cc5)cc4C)cc3c3ccccc23)c(C)c1. The Kier molecular flexibility index (Phi) is 19.0. The van der Waals surface area contributed by atoms with E-state index in [1.54, 1.807) is 0 Å². The molecule has 1 heteroatoms. The topological polar surface area (TPSA) is 3.24 Å². The molecule has 0 heterocycles. The molecule has 92 heavy (non-hydrogen) atoms. The van der Waals surface area contributed by atoms with Gasteiger partial charge in [0.25, 0.3) is 0 Å². The lowest BCUT2D eigenvalue weighted by atomic mass is 9.81. The number of rotatable bonds is 21. The lowest BCUT2D eigenvalue weighted by molar-refractivity contribution is 0.296. The van der Waals surface area contributed by atoms with Gasteiger partial charge in [-0.25, -0.2) is 0 Å². The third-order valence-electron chi connectivity index (χ3n) is 19.5. The van der Waals surface area contributed by atoms with E-state index >= 15 is 0 Å². The van der Waals surface area contributed by atoms with Crippen LogP contribution in [-0.2, 0) is 25.7 Å². The van der Waals surface area contributed by atoms with Gasteiger partial charge in [-0.15, -0.1) is 0 Å². The van der Waals surface area contributed by atoms with E-state index in [-0.39, 0.29) is 5.92 Å². The maximum atomic E-state index is 2.58. The van der Waals surface area contributed by atoms with Crippen molar-refractivity contribution in [2.24, 2.45) is 22.7 Å². The minimum atomic E-state index is 0.273. The molecule has 0 aliphatic carbocycles. The van der Waals surface area contributed by atoms with E-state index in [2.05, 4.69) is 330 Å². The van der Waals surface area contributed by atoms with Crippen LogP contribution < -0.4 is 4.90 Å². The summed E-state index contributed by atoms with van der Waals surface area (Å²) in [5.41, 5.74) is 25.1. The zero-order chi connectivity index (χ0) is 64.1. The molecule has 0 spiro atoms. The first-order valence-corrected chi connectivity index (χ1v) is 34.2. The quantitative estimate of drug-likeness (QED) is 0.0648. The van der Waals surface area contributed by atoms with Gasteiger partial charge in [-0.05, 0) is 254 Å². The van der Waals surface area contributed by atoms with Gasteiger partial charge in [-0.3, -0.25) is 0 Å². The number of anilines is 3. The molecule has 3 unspecified atom stereocenters. The molecule has 0 aliphatic heterocycles. The number of benzene rings is 12. The summed E-state index contributed by atoms with van der Waals surface area (Å²) in [6.45, 7) is 25.7. The van der Waals surface area contributed by atoms with Crippen LogP contribution in [0, 0.1) is 43.4 Å². The van der Waals surface area contributed by atoms with Gasteiger partial charge in [-0.2, -0.15) is 0 Å². The Balaban J connectivity index is 0.825. The number of hydrogen-bond acceptors (Lipinski definition) is 1. The Hall–Kier alpha value is -8.78. The first-order chi connectivity index (χ1) is 44.4. The second-order valence-corrected chi connectivity index (χ2v) is 29.7. The van der Waals surface area contributed by atoms with E-state index < -0.39 is 0 Å². The average Bonchev–Trinajstić information content (AvgIpc) is 0.733. The number of nitrogens with zero attached hydrogens (tertiary/aromatic N) is 1. The van der Waals surface area contributed by atoms with Crippen molar-refractivity contribution in [3.05, 3.63) is 293 Å². The summed E-state index contributed by atoms with van der Waals surface area (Å²) in [5, 5.41) is 7.69. The lowest BCUT2D eigenvalue weighted by Crippen LogP contribution is -2.12. The van der Waals surface area contributed by atoms with Gasteiger partial charge >= 0.3 is 0 Å². The summed E-state index contributed by atoms with van der Waals surface area (Å²) in [6.07, 6.45) is 10.2. The number of para-hydroxylation sites is 1. The summed E-state index contributed by atoms with van der Waals surface area (Å²) in [7, 11) is 0. The molecule has 12 aromatic carbocycles. The molecular weight excluding hydrogens is 1110 g/mol. The molecule has 0 bridgehead atoms. The standard InChI is InChI=1S/C91H95N/c1-62-27-37-77(65(4)55-62)57-79(44-36-69-34-42-72(43-35-69)74-47-45-73(46-48-74)70-38-30-67(31-39-70)28-25-63(2)60-90(6,7)8)85-58-86-83-23-17-18-24-84(83)89(59-87(86)82-22-16-15-21-81(82)85)92(80-19-13-12-14-20-80)88-54-53-78(56-66(88)5)76-51-49-75(50-52-76)71-40-32-68(33-41-71)29-26-64(3)61-91(9,10)11/h12-24,27,30-35,37-43,45-56,58-59,63-64,79H,25-26,28-29,36,44,57,60-61H2,1-11H3. The van der Waals surface area contributed by atoms with Gasteiger partial charge in [0.15, 0.2) is 0 Å². The normalized spacial score (nSPS) is 13.0. The van der Waals surface area contributed by atoms with Crippen LogP contribution in [0.1, 0.15) is 138 Å². The summed E-state index contributed by atoms with van der Waals surface area (Å²) < 4.78 is 0. The molecule has 1 nitrogen and oxygen atoms in total. The van der Waals surface area contributed by atoms with Crippen molar-refractivity contribution in [1.82, 2.24) is 0 Å². The van der Waals surface area contributed by atoms with Crippen LogP contribution in [0.15, 0.2) is 249 Å². The van der Waals surface area contributed by atoms with Crippen LogP contribution >= 0.6 is 0 Å². The Labute approximate surface area is 551 Å². The Morgan fingerprint density at radius 3 is 1.20 bits per heavy atom. The van der Waals surface area contributed by atoms with Crippen molar-refractivity contribution in [2.45, 2.75) is 140 Å². The predicted octanol–water partition coefficient (Wildman–Crippen LogP) is 26.2. The van der Waals surface area contributed by atoms with Crippen LogP contribution in [0.3, 0.4) is 0 Å². The van der Waals surface area contributed by atoms with Gasteiger partial charge in [0.05, 0.1) is 5.69 Å². The van der Waals surface area contributed by atoms with Crippen LogP contribution in [0.5, 0.6) is 0 Å².